The molecule has 3 heterocycles. The number of fused-ring (bicyclic) bond motifs is 1. The van der Waals surface area contributed by atoms with E-state index >= 15 is 0 Å². The number of esters is 1. The fourth-order valence-corrected chi connectivity index (χ4v) is 7.86. The number of amides is 3. The largest absolute Gasteiger partial charge is 0.455 e. The van der Waals surface area contributed by atoms with E-state index in [1.807, 2.05) is 74.5 Å². The quantitative estimate of drug-likeness (QED) is 0.189. The minimum Gasteiger partial charge on any atom is -0.455 e. The van der Waals surface area contributed by atoms with E-state index in [9.17, 15) is 24.3 Å². The third-order valence-electron chi connectivity index (χ3n) is 9.96. The molecule has 7 atom stereocenters. The number of nitrogens with one attached hydrogen (secondary N) is 1. The van der Waals surface area contributed by atoms with Crippen molar-refractivity contribution >= 4 is 23.7 Å². The van der Waals surface area contributed by atoms with E-state index in [4.69, 9.17) is 9.47 Å². The first-order valence-electron chi connectivity index (χ1n) is 17.3. The smallest absolute Gasteiger partial charge is 0.313 e. The van der Waals surface area contributed by atoms with Gasteiger partial charge in [-0.2, -0.15) is 0 Å². The number of ether oxygens (including phenoxy) is 2. The summed E-state index contributed by atoms with van der Waals surface area (Å²) in [4.78, 5) is 59.3. The van der Waals surface area contributed by atoms with Gasteiger partial charge in [0.2, 0.25) is 17.7 Å². The Balaban J connectivity index is 1.47. The SMILES string of the molecule is C=CCCC(=O)NC[C@H](OC(=O)[C@@H]1[C@H]2C(=O)N([C@@H](CO)CC(C)C)[C@H](C(=O)N(CC=C)Cc3ccccc3)[C@]23CC[C@H]1O3)c1ccccc1. The number of aliphatic hydroxyl groups excluding tert-OH is 1. The van der Waals surface area contributed by atoms with Crippen LogP contribution >= 0.6 is 0 Å². The zero-order chi connectivity index (χ0) is 35.1. The monoisotopic (exact) mass is 671 g/mol. The van der Waals surface area contributed by atoms with E-state index < -0.39 is 47.7 Å². The van der Waals surface area contributed by atoms with Crippen molar-refractivity contribution < 1.29 is 33.8 Å². The Hall–Kier alpha value is -4.28. The van der Waals surface area contributed by atoms with Gasteiger partial charge in [-0.25, -0.2) is 0 Å². The number of allylic oxidation sites excluding steroid dienone is 1. The summed E-state index contributed by atoms with van der Waals surface area (Å²) in [5.74, 6) is -3.28. The standard InChI is InChI=1S/C39H49N3O7/c1-5-7-18-32(44)40-23-31(28-16-12-9-13-17-28)48-38(47)33-30-19-20-39(49-30)34(33)36(45)42(29(25-43)22-26(3)4)35(39)37(46)41(21-6-2)24-27-14-10-8-11-15-27/h5-6,8-17,26,29-31,33-35,43H,1-2,7,18-25H2,3-4H3,(H,40,44)/t29-,30-,31+,33+,34+,35-,39+/m1/s1. The summed E-state index contributed by atoms with van der Waals surface area (Å²) in [6.07, 6.45) is 4.04. The third-order valence-corrected chi connectivity index (χ3v) is 9.96. The van der Waals surface area contributed by atoms with Crippen LogP contribution in [-0.4, -0.2) is 82.1 Å². The molecular formula is C39H49N3O7. The molecule has 2 aromatic rings. The van der Waals surface area contributed by atoms with Crippen molar-refractivity contribution in [3.8, 4) is 0 Å². The van der Waals surface area contributed by atoms with Crippen LogP contribution in [0.25, 0.3) is 0 Å². The lowest BCUT2D eigenvalue weighted by Crippen LogP contribution is -2.58. The van der Waals surface area contributed by atoms with Crippen molar-refractivity contribution in [2.24, 2.45) is 17.8 Å². The highest BCUT2D eigenvalue weighted by Gasteiger charge is 2.75. The molecule has 3 amide bonds. The Morgan fingerprint density at radius 2 is 1.80 bits per heavy atom. The maximum Gasteiger partial charge on any atom is 0.313 e. The zero-order valence-corrected chi connectivity index (χ0v) is 28.5. The van der Waals surface area contributed by atoms with Crippen LogP contribution in [0.2, 0.25) is 0 Å². The molecule has 3 aliphatic heterocycles. The Morgan fingerprint density at radius 3 is 2.43 bits per heavy atom. The van der Waals surface area contributed by atoms with E-state index in [0.29, 0.717) is 37.8 Å². The second kappa shape index (κ2) is 16.0. The highest BCUT2D eigenvalue weighted by atomic mass is 16.6. The van der Waals surface area contributed by atoms with E-state index in [-0.39, 0.29) is 49.8 Å². The van der Waals surface area contributed by atoms with Gasteiger partial charge in [0.1, 0.15) is 17.7 Å². The molecule has 10 heteroatoms. The van der Waals surface area contributed by atoms with Crippen LogP contribution in [0, 0.1) is 17.8 Å². The molecule has 262 valence electrons. The Kier molecular flexibility index (Phi) is 11.7. The van der Waals surface area contributed by atoms with Crippen LogP contribution in [0.4, 0.5) is 0 Å². The van der Waals surface area contributed by atoms with E-state index in [1.54, 1.807) is 17.1 Å². The molecule has 0 saturated carbocycles. The fraction of sp³-hybridized carbons (Fsp3) is 0.487. The van der Waals surface area contributed by atoms with Crippen molar-refractivity contribution in [1.29, 1.82) is 0 Å². The number of likely N-dealkylation sites (tertiary alicyclic amines) is 1. The average Bonchev–Trinajstić information content (AvgIpc) is 3.75. The number of nitrogens with zero attached hydrogens (tertiary/aromatic N) is 2. The van der Waals surface area contributed by atoms with Gasteiger partial charge in [-0.3, -0.25) is 19.2 Å². The minimum atomic E-state index is -1.26. The van der Waals surface area contributed by atoms with Crippen LogP contribution in [0.1, 0.15) is 63.2 Å². The molecule has 0 aliphatic carbocycles. The summed E-state index contributed by atoms with van der Waals surface area (Å²) in [6, 6.07) is 17.1. The van der Waals surface area contributed by atoms with Gasteiger partial charge in [-0.1, -0.05) is 86.7 Å². The molecule has 3 aliphatic rings. The molecule has 0 aromatic heterocycles. The molecule has 0 unspecified atom stereocenters. The van der Waals surface area contributed by atoms with E-state index in [1.165, 1.54) is 4.90 Å². The van der Waals surface area contributed by atoms with Crippen LogP contribution in [0.3, 0.4) is 0 Å². The summed E-state index contributed by atoms with van der Waals surface area (Å²) >= 11 is 0. The molecule has 0 radical (unpaired) electrons. The van der Waals surface area contributed by atoms with Gasteiger partial charge in [0.25, 0.3) is 0 Å². The Labute approximate surface area is 289 Å². The minimum absolute atomic E-state index is 0.0535. The lowest BCUT2D eigenvalue weighted by molar-refractivity contribution is -0.161. The van der Waals surface area contributed by atoms with Crippen molar-refractivity contribution in [3.63, 3.8) is 0 Å². The molecule has 2 bridgehead atoms. The molecule has 1 spiro atoms. The lowest BCUT2D eigenvalue weighted by Gasteiger charge is -2.39. The molecule has 49 heavy (non-hydrogen) atoms. The Bertz CT molecular complexity index is 1500. The van der Waals surface area contributed by atoms with Gasteiger partial charge in [0.15, 0.2) is 0 Å². The highest BCUT2D eigenvalue weighted by Crippen LogP contribution is 2.59. The predicted molar refractivity (Wildman–Crippen MR) is 185 cm³/mol. The van der Waals surface area contributed by atoms with Gasteiger partial charge in [0, 0.05) is 19.5 Å². The predicted octanol–water partition coefficient (Wildman–Crippen LogP) is 4.35. The zero-order valence-electron chi connectivity index (χ0n) is 28.5. The molecule has 2 aromatic carbocycles. The van der Waals surface area contributed by atoms with E-state index in [0.717, 1.165) is 5.56 Å². The van der Waals surface area contributed by atoms with Crippen LogP contribution in [0.5, 0.6) is 0 Å². The number of carbonyl (C=O) groups is 4. The molecule has 3 fully saturated rings. The molecule has 2 N–H and O–H groups in total. The maximum absolute atomic E-state index is 14.8. The van der Waals surface area contributed by atoms with Gasteiger partial charge < -0.3 is 29.7 Å². The summed E-state index contributed by atoms with van der Waals surface area (Å²) in [6.45, 7) is 11.8. The number of aliphatic hydroxyl groups is 1. The molecular weight excluding hydrogens is 622 g/mol. The normalized spacial score (nSPS) is 25.1. The molecule has 5 rings (SSSR count). The third kappa shape index (κ3) is 7.50. The van der Waals surface area contributed by atoms with E-state index in [2.05, 4.69) is 18.5 Å². The number of carbonyl (C=O) groups excluding carboxylic acids is 4. The summed E-state index contributed by atoms with van der Waals surface area (Å²) in [5, 5.41) is 13.5. The van der Waals surface area contributed by atoms with Crippen LogP contribution in [0.15, 0.2) is 86.0 Å². The summed E-state index contributed by atoms with van der Waals surface area (Å²) in [5.41, 5.74) is 0.360. The second-order valence-corrected chi connectivity index (χ2v) is 13.7. The van der Waals surface area contributed by atoms with Crippen molar-refractivity contribution in [2.75, 3.05) is 19.7 Å². The van der Waals surface area contributed by atoms with Gasteiger partial charge in [-0.15, -0.1) is 13.2 Å². The second-order valence-electron chi connectivity index (χ2n) is 13.7. The number of rotatable bonds is 17. The van der Waals surface area contributed by atoms with Crippen molar-refractivity contribution in [1.82, 2.24) is 15.1 Å². The first kappa shape index (κ1) is 36.0. The summed E-state index contributed by atoms with van der Waals surface area (Å²) in [7, 11) is 0. The number of hydrogen-bond acceptors (Lipinski definition) is 7. The van der Waals surface area contributed by atoms with Crippen LogP contribution < -0.4 is 5.32 Å². The summed E-state index contributed by atoms with van der Waals surface area (Å²) < 4.78 is 12.8. The van der Waals surface area contributed by atoms with Crippen molar-refractivity contribution in [3.05, 3.63) is 97.1 Å². The first-order chi connectivity index (χ1) is 23.6. The first-order valence-corrected chi connectivity index (χ1v) is 17.3. The van der Waals surface area contributed by atoms with Gasteiger partial charge in [0.05, 0.1) is 37.1 Å². The number of benzene rings is 2. The van der Waals surface area contributed by atoms with Gasteiger partial charge >= 0.3 is 5.97 Å². The average molecular weight is 672 g/mol. The lowest BCUT2D eigenvalue weighted by atomic mass is 9.70. The Morgan fingerprint density at radius 1 is 1.10 bits per heavy atom. The molecule has 3 saturated heterocycles. The van der Waals surface area contributed by atoms with Gasteiger partial charge in [-0.05, 0) is 42.7 Å². The molecule has 10 nitrogen and oxygen atoms in total. The number of hydrogen-bond donors (Lipinski definition) is 2. The fourth-order valence-electron chi connectivity index (χ4n) is 7.86. The topological polar surface area (TPSA) is 125 Å². The van der Waals surface area contributed by atoms with Crippen LogP contribution in [-0.2, 0) is 35.2 Å². The maximum atomic E-state index is 14.8. The van der Waals surface area contributed by atoms with Crippen molar-refractivity contribution in [2.45, 2.75) is 82.4 Å². The highest BCUT2D eigenvalue weighted by molar-refractivity contribution is 5.98.